The Balaban J connectivity index is 2.15. The van der Waals surface area contributed by atoms with Gasteiger partial charge < -0.3 is 10.1 Å². The van der Waals surface area contributed by atoms with Crippen molar-refractivity contribution in [1.82, 2.24) is 15.3 Å². The van der Waals surface area contributed by atoms with Crippen LogP contribution in [-0.2, 0) is 6.54 Å². The smallest absolute Gasteiger partial charge is 0.223 e. The van der Waals surface area contributed by atoms with Crippen LogP contribution in [0.4, 0.5) is 0 Å². The lowest BCUT2D eigenvalue weighted by Gasteiger charge is -2.21. The Bertz CT molecular complexity index is 581. The van der Waals surface area contributed by atoms with Crippen LogP contribution in [0.1, 0.15) is 26.3 Å². The lowest BCUT2D eigenvalue weighted by Crippen LogP contribution is -2.35. The lowest BCUT2D eigenvalue weighted by atomic mass is 10.1. The average molecular weight is 292 g/mol. The van der Waals surface area contributed by atoms with Gasteiger partial charge in [0.15, 0.2) is 0 Å². The summed E-state index contributed by atoms with van der Waals surface area (Å²) in [6.07, 6.45) is 4.88. The second kappa shape index (κ2) is 6.20. The molecular weight excluding hydrogens is 274 g/mol. The molecule has 0 saturated carbocycles. The topological polar surface area (TPSA) is 47.0 Å². The number of hydrogen-bond donors (Lipinski definition) is 1. The van der Waals surface area contributed by atoms with E-state index < -0.39 is 0 Å². The van der Waals surface area contributed by atoms with Gasteiger partial charge in [0.05, 0.1) is 11.2 Å². The average Bonchev–Trinajstić information content (AvgIpc) is 2.37. The molecule has 4 nitrogen and oxygen atoms in total. The van der Waals surface area contributed by atoms with Crippen LogP contribution in [0.25, 0.3) is 0 Å². The SMILES string of the molecule is CC(C)(C)NCc1cccnc1Oc1cncc(Cl)c1. The highest BCUT2D eigenvalue weighted by Gasteiger charge is 2.12. The summed E-state index contributed by atoms with van der Waals surface area (Å²) in [4.78, 5) is 8.27. The fourth-order valence-electron chi connectivity index (χ4n) is 1.57. The Morgan fingerprint density at radius 2 is 2.10 bits per heavy atom. The van der Waals surface area contributed by atoms with Gasteiger partial charge in [-0.05, 0) is 26.8 Å². The Morgan fingerprint density at radius 3 is 2.80 bits per heavy atom. The predicted octanol–water partition coefficient (Wildman–Crippen LogP) is 3.81. The van der Waals surface area contributed by atoms with Crippen molar-refractivity contribution in [2.75, 3.05) is 0 Å². The van der Waals surface area contributed by atoms with Gasteiger partial charge in [0.2, 0.25) is 5.88 Å². The molecule has 0 aromatic carbocycles. The van der Waals surface area contributed by atoms with Crippen molar-refractivity contribution in [3.63, 3.8) is 0 Å². The van der Waals surface area contributed by atoms with E-state index in [0.29, 0.717) is 23.2 Å². The zero-order valence-electron chi connectivity index (χ0n) is 11.9. The summed E-state index contributed by atoms with van der Waals surface area (Å²) in [7, 11) is 0. The predicted molar refractivity (Wildman–Crippen MR) is 80.2 cm³/mol. The molecule has 2 aromatic rings. The van der Waals surface area contributed by atoms with Gasteiger partial charge in [0, 0.05) is 36.1 Å². The largest absolute Gasteiger partial charge is 0.437 e. The Hall–Kier alpha value is -1.65. The maximum atomic E-state index is 5.90. The Labute approximate surface area is 124 Å². The molecule has 0 atom stereocenters. The number of nitrogens with zero attached hydrogens (tertiary/aromatic N) is 2. The summed E-state index contributed by atoms with van der Waals surface area (Å²) < 4.78 is 5.76. The van der Waals surface area contributed by atoms with Crippen LogP contribution in [0, 0.1) is 0 Å². The van der Waals surface area contributed by atoms with Crippen LogP contribution in [0.15, 0.2) is 36.8 Å². The zero-order valence-corrected chi connectivity index (χ0v) is 12.6. The van der Waals surface area contributed by atoms with Crippen molar-refractivity contribution < 1.29 is 4.74 Å². The minimum Gasteiger partial charge on any atom is -0.437 e. The second-order valence-electron chi connectivity index (χ2n) is 5.51. The number of rotatable bonds is 4. The normalized spacial score (nSPS) is 11.4. The summed E-state index contributed by atoms with van der Waals surface area (Å²) in [5.74, 6) is 1.14. The van der Waals surface area contributed by atoms with E-state index >= 15 is 0 Å². The van der Waals surface area contributed by atoms with E-state index in [1.165, 1.54) is 0 Å². The molecule has 0 spiro atoms. The van der Waals surface area contributed by atoms with Crippen LogP contribution in [0.5, 0.6) is 11.6 Å². The van der Waals surface area contributed by atoms with Gasteiger partial charge in [0.25, 0.3) is 0 Å². The molecule has 106 valence electrons. The standard InChI is InChI=1S/C15H18ClN3O/c1-15(2,3)19-8-11-5-4-6-18-14(11)20-13-7-12(16)9-17-10-13/h4-7,9-10,19H,8H2,1-3H3. The fourth-order valence-corrected chi connectivity index (χ4v) is 1.73. The van der Waals surface area contributed by atoms with Crippen molar-refractivity contribution in [2.24, 2.45) is 0 Å². The highest BCUT2D eigenvalue weighted by molar-refractivity contribution is 6.30. The number of pyridine rings is 2. The first-order valence-corrected chi connectivity index (χ1v) is 6.79. The summed E-state index contributed by atoms with van der Waals surface area (Å²) in [6.45, 7) is 7.03. The number of halogens is 1. The van der Waals surface area contributed by atoms with Crippen LogP contribution < -0.4 is 10.1 Å². The first-order chi connectivity index (χ1) is 9.44. The van der Waals surface area contributed by atoms with Crippen LogP contribution in [0.2, 0.25) is 5.02 Å². The minimum atomic E-state index is 0.0325. The summed E-state index contributed by atoms with van der Waals surface area (Å²) in [6, 6.07) is 5.59. The summed E-state index contributed by atoms with van der Waals surface area (Å²) in [5.41, 5.74) is 1.02. The molecule has 0 unspecified atom stereocenters. The number of ether oxygens (including phenoxy) is 1. The zero-order chi connectivity index (χ0) is 14.6. The number of aromatic nitrogens is 2. The third-order valence-electron chi connectivity index (χ3n) is 2.55. The molecule has 0 bridgehead atoms. The van der Waals surface area contributed by atoms with E-state index in [0.717, 1.165) is 5.56 Å². The van der Waals surface area contributed by atoms with Gasteiger partial charge in [-0.2, -0.15) is 0 Å². The third kappa shape index (κ3) is 4.47. The van der Waals surface area contributed by atoms with Crippen molar-refractivity contribution in [1.29, 1.82) is 0 Å². The molecule has 0 aliphatic carbocycles. The molecule has 20 heavy (non-hydrogen) atoms. The summed E-state index contributed by atoms with van der Waals surface area (Å²) in [5, 5.41) is 3.95. The highest BCUT2D eigenvalue weighted by Crippen LogP contribution is 2.24. The van der Waals surface area contributed by atoms with E-state index in [4.69, 9.17) is 16.3 Å². The van der Waals surface area contributed by atoms with Gasteiger partial charge >= 0.3 is 0 Å². The quantitative estimate of drug-likeness (QED) is 0.930. The van der Waals surface area contributed by atoms with E-state index in [1.54, 1.807) is 24.7 Å². The maximum absolute atomic E-state index is 5.90. The van der Waals surface area contributed by atoms with E-state index in [2.05, 4.69) is 36.1 Å². The summed E-state index contributed by atoms with van der Waals surface area (Å²) >= 11 is 5.90. The molecule has 0 radical (unpaired) electrons. The van der Waals surface area contributed by atoms with Crippen molar-refractivity contribution in [3.8, 4) is 11.6 Å². The molecule has 0 aliphatic rings. The van der Waals surface area contributed by atoms with E-state index in [-0.39, 0.29) is 5.54 Å². The first-order valence-electron chi connectivity index (χ1n) is 6.41. The van der Waals surface area contributed by atoms with Crippen LogP contribution in [0.3, 0.4) is 0 Å². The van der Waals surface area contributed by atoms with Gasteiger partial charge in [-0.15, -0.1) is 0 Å². The van der Waals surface area contributed by atoms with Crippen molar-refractivity contribution >= 4 is 11.6 Å². The first kappa shape index (κ1) is 14.8. The molecule has 5 heteroatoms. The molecule has 2 aromatic heterocycles. The Morgan fingerprint density at radius 1 is 1.30 bits per heavy atom. The van der Waals surface area contributed by atoms with E-state index in [9.17, 15) is 0 Å². The van der Waals surface area contributed by atoms with Gasteiger partial charge in [-0.25, -0.2) is 4.98 Å². The molecular formula is C15H18ClN3O. The number of nitrogens with one attached hydrogen (secondary N) is 1. The molecule has 0 saturated heterocycles. The Kier molecular flexibility index (Phi) is 4.57. The van der Waals surface area contributed by atoms with Crippen molar-refractivity contribution in [2.45, 2.75) is 32.9 Å². The van der Waals surface area contributed by atoms with Crippen molar-refractivity contribution in [3.05, 3.63) is 47.4 Å². The van der Waals surface area contributed by atoms with Gasteiger partial charge in [-0.1, -0.05) is 17.7 Å². The fraction of sp³-hybridized carbons (Fsp3) is 0.333. The number of hydrogen-bond acceptors (Lipinski definition) is 4. The molecule has 0 aliphatic heterocycles. The van der Waals surface area contributed by atoms with Crippen LogP contribution >= 0.6 is 11.6 Å². The third-order valence-corrected chi connectivity index (χ3v) is 2.76. The molecule has 0 amide bonds. The van der Waals surface area contributed by atoms with E-state index in [1.807, 2.05) is 12.1 Å². The monoisotopic (exact) mass is 291 g/mol. The lowest BCUT2D eigenvalue weighted by molar-refractivity contribution is 0.409. The molecule has 1 N–H and O–H groups in total. The second-order valence-corrected chi connectivity index (χ2v) is 5.95. The van der Waals surface area contributed by atoms with Crippen LogP contribution in [-0.4, -0.2) is 15.5 Å². The maximum Gasteiger partial charge on any atom is 0.223 e. The molecule has 2 heterocycles. The van der Waals surface area contributed by atoms with Gasteiger partial charge in [-0.3, -0.25) is 4.98 Å². The molecule has 0 fully saturated rings. The minimum absolute atomic E-state index is 0.0325. The highest BCUT2D eigenvalue weighted by atomic mass is 35.5. The van der Waals surface area contributed by atoms with Gasteiger partial charge in [0.1, 0.15) is 5.75 Å². The molecule has 2 rings (SSSR count).